The number of hydrazine groups is 1. The number of rotatable bonds is 4. The lowest BCUT2D eigenvalue weighted by Gasteiger charge is -2.14. The third-order valence-corrected chi connectivity index (χ3v) is 4.36. The molecule has 1 fully saturated rings. The van der Waals surface area contributed by atoms with Crippen molar-refractivity contribution in [1.82, 2.24) is 5.43 Å². The van der Waals surface area contributed by atoms with Crippen LogP contribution in [0.4, 0.5) is 5.69 Å². The predicted octanol–water partition coefficient (Wildman–Crippen LogP) is 2.85. The second kappa shape index (κ2) is 7.52. The Bertz CT molecular complexity index is 931. The van der Waals surface area contributed by atoms with Gasteiger partial charge in [0.05, 0.1) is 5.69 Å². The molecule has 1 saturated heterocycles. The molecule has 0 radical (unpaired) electrons. The summed E-state index contributed by atoms with van der Waals surface area (Å²) in [4.78, 5) is 35.2. The van der Waals surface area contributed by atoms with E-state index in [4.69, 9.17) is 5.11 Å². The van der Waals surface area contributed by atoms with Crippen molar-refractivity contribution in [2.24, 2.45) is 0 Å². The third-order valence-electron chi connectivity index (χ3n) is 3.64. The highest BCUT2D eigenvalue weighted by Gasteiger charge is 2.34. The first-order chi connectivity index (χ1) is 12.4. The third kappa shape index (κ3) is 3.99. The van der Waals surface area contributed by atoms with E-state index in [1.54, 1.807) is 36.4 Å². The minimum atomic E-state index is -1.03. The smallest absolute Gasteiger partial charge is 0.328 e. The van der Waals surface area contributed by atoms with Crippen molar-refractivity contribution >= 4 is 58.2 Å². The molecule has 0 aromatic heterocycles. The lowest BCUT2D eigenvalue weighted by Crippen LogP contribution is -2.35. The molecule has 0 bridgehead atoms. The van der Waals surface area contributed by atoms with Gasteiger partial charge in [0, 0.05) is 9.65 Å². The van der Waals surface area contributed by atoms with Gasteiger partial charge in [-0.3, -0.25) is 15.0 Å². The van der Waals surface area contributed by atoms with Crippen molar-refractivity contribution in [2.75, 3.05) is 5.01 Å². The van der Waals surface area contributed by atoms with Gasteiger partial charge in [-0.15, -0.1) is 0 Å². The van der Waals surface area contributed by atoms with Crippen LogP contribution in [0.25, 0.3) is 12.2 Å². The number of anilines is 1. The van der Waals surface area contributed by atoms with Crippen LogP contribution in [-0.4, -0.2) is 22.9 Å². The van der Waals surface area contributed by atoms with Gasteiger partial charge in [-0.25, -0.2) is 9.80 Å². The van der Waals surface area contributed by atoms with E-state index in [0.717, 1.165) is 9.65 Å². The van der Waals surface area contributed by atoms with E-state index >= 15 is 0 Å². The van der Waals surface area contributed by atoms with E-state index in [9.17, 15) is 14.4 Å². The highest BCUT2D eigenvalue weighted by atomic mass is 127. The second-order valence-corrected chi connectivity index (χ2v) is 6.70. The van der Waals surface area contributed by atoms with Gasteiger partial charge in [0.25, 0.3) is 11.8 Å². The average molecular weight is 460 g/mol. The van der Waals surface area contributed by atoms with Gasteiger partial charge >= 0.3 is 5.97 Å². The van der Waals surface area contributed by atoms with Gasteiger partial charge in [-0.2, -0.15) is 0 Å². The number of carboxylic acid groups (broad SMARTS) is 1. The quantitative estimate of drug-likeness (QED) is 0.418. The van der Waals surface area contributed by atoms with Gasteiger partial charge in [0.15, 0.2) is 0 Å². The number of amides is 2. The summed E-state index contributed by atoms with van der Waals surface area (Å²) in [6, 6.07) is 14.0. The number of benzene rings is 2. The Labute approximate surface area is 162 Å². The summed E-state index contributed by atoms with van der Waals surface area (Å²) in [7, 11) is 0. The maximum absolute atomic E-state index is 12.5. The lowest BCUT2D eigenvalue weighted by atomic mass is 10.1. The standard InChI is InChI=1S/C19H13IN2O4/c20-14-6-8-15(9-7-14)22-19(26)16(18(25)21-22)11-13-3-1-12(2-4-13)5-10-17(23)24/h1-11H,(H,21,25)(H,23,24)/b10-5+,16-11+. The van der Waals surface area contributed by atoms with Gasteiger partial charge in [0.2, 0.25) is 0 Å². The second-order valence-electron chi connectivity index (χ2n) is 5.45. The largest absolute Gasteiger partial charge is 0.478 e. The molecule has 2 aromatic carbocycles. The molecule has 0 unspecified atom stereocenters. The zero-order chi connectivity index (χ0) is 18.7. The zero-order valence-corrected chi connectivity index (χ0v) is 15.5. The molecule has 26 heavy (non-hydrogen) atoms. The highest BCUT2D eigenvalue weighted by Crippen LogP contribution is 2.22. The molecule has 0 saturated carbocycles. The van der Waals surface area contributed by atoms with E-state index < -0.39 is 17.8 Å². The van der Waals surface area contributed by atoms with Crippen molar-refractivity contribution in [3.8, 4) is 0 Å². The van der Waals surface area contributed by atoms with Crippen molar-refractivity contribution in [3.63, 3.8) is 0 Å². The summed E-state index contributed by atoms with van der Waals surface area (Å²) in [6.45, 7) is 0. The molecule has 0 spiro atoms. The molecule has 0 atom stereocenters. The fourth-order valence-electron chi connectivity index (χ4n) is 2.37. The Balaban J connectivity index is 1.82. The summed E-state index contributed by atoms with van der Waals surface area (Å²) in [5.74, 6) is -1.92. The number of hydrogen-bond donors (Lipinski definition) is 2. The number of aliphatic carboxylic acids is 1. The minimum absolute atomic E-state index is 0.0392. The number of nitrogens with zero attached hydrogens (tertiary/aromatic N) is 1. The molecule has 130 valence electrons. The Morgan fingerprint density at radius 3 is 2.23 bits per heavy atom. The van der Waals surface area contributed by atoms with Crippen LogP contribution in [0.3, 0.4) is 0 Å². The average Bonchev–Trinajstić information content (AvgIpc) is 2.90. The molecule has 2 amide bonds. The summed E-state index contributed by atoms with van der Waals surface area (Å²) in [6.07, 6.45) is 4.01. The Morgan fingerprint density at radius 2 is 1.62 bits per heavy atom. The fourth-order valence-corrected chi connectivity index (χ4v) is 2.73. The lowest BCUT2D eigenvalue weighted by molar-refractivity contribution is -0.131. The van der Waals surface area contributed by atoms with Gasteiger partial charge in [0.1, 0.15) is 5.57 Å². The van der Waals surface area contributed by atoms with E-state index in [1.165, 1.54) is 17.2 Å². The molecule has 2 aromatic rings. The maximum Gasteiger partial charge on any atom is 0.328 e. The molecule has 1 aliphatic heterocycles. The minimum Gasteiger partial charge on any atom is -0.478 e. The van der Waals surface area contributed by atoms with Crippen molar-refractivity contribution in [3.05, 3.63) is 74.9 Å². The highest BCUT2D eigenvalue weighted by molar-refractivity contribution is 14.1. The summed E-state index contributed by atoms with van der Waals surface area (Å²) >= 11 is 2.16. The van der Waals surface area contributed by atoms with E-state index in [-0.39, 0.29) is 5.57 Å². The number of hydrogen-bond acceptors (Lipinski definition) is 3. The zero-order valence-electron chi connectivity index (χ0n) is 13.3. The van der Waals surface area contributed by atoms with Crippen molar-refractivity contribution < 1.29 is 19.5 Å². The number of nitrogens with one attached hydrogen (secondary N) is 1. The van der Waals surface area contributed by atoms with Crippen molar-refractivity contribution in [2.45, 2.75) is 0 Å². The first kappa shape index (κ1) is 17.9. The Hall–Kier alpha value is -2.94. The van der Waals surface area contributed by atoms with Crippen LogP contribution >= 0.6 is 22.6 Å². The number of carboxylic acids is 1. The molecule has 0 aliphatic carbocycles. The molecule has 6 nitrogen and oxygen atoms in total. The Morgan fingerprint density at radius 1 is 1.00 bits per heavy atom. The van der Waals surface area contributed by atoms with Crippen molar-refractivity contribution in [1.29, 1.82) is 0 Å². The van der Waals surface area contributed by atoms with Crippen LogP contribution in [0.2, 0.25) is 0 Å². The number of carbonyl (C=O) groups excluding carboxylic acids is 2. The molecule has 1 heterocycles. The van der Waals surface area contributed by atoms with E-state index in [0.29, 0.717) is 16.8 Å². The maximum atomic E-state index is 12.5. The summed E-state index contributed by atoms with van der Waals surface area (Å²) in [5, 5.41) is 9.84. The first-order valence-corrected chi connectivity index (χ1v) is 8.66. The monoisotopic (exact) mass is 460 g/mol. The molecule has 3 rings (SSSR count). The van der Waals surface area contributed by atoms with E-state index in [1.807, 2.05) is 12.1 Å². The molecular weight excluding hydrogens is 447 g/mol. The van der Waals surface area contributed by atoms with Crippen LogP contribution in [0.1, 0.15) is 11.1 Å². The summed E-state index contributed by atoms with van der Waals surface area (Å²) in [5.41, 5.74) is 4.55. The molecule has 1 aliphatic rings. The summed E-state index contributed by atoms with van der Waals surface area (Å²) < 4.78 is 1.03. The first-order valence-electron chi connectivity index (χ1n) is 7.58. The SMILES string of the molecule is O=C(O)/C=C/c1ccc(/C=C2\C(=O)NN(c3ccc(I)cc3)C2=O)cc1. The number of carbonyl (C=O) groups is 3. The topological polar surface area (TPSA) is 86.7 Å². The van der Waals surface area contributed by atoms with Gasteiger partial charge in [-0.1, -0.05) is 24.3 Å². The van der Waals surface area contributed by atoms with Crippen LogP contribution < -0.4 is 10.4 Å². The van der Waals surface area contributed by atoms with Crippen LogP contribution in [-0.2, 0) is 14.4 Å². The molecule has 2 N–H and O–H groups in total. The molecule has 7 heteroatoms. The number of halogens is 1. The van der Waals surface area contributed by atoms with Gasteiger partial charge < -0.3 is 5.11 Å². The predicted molar refractivity (Wildman–Crippen MR) is 106 cm³/mol. The van der Waals surface area contributed by atoms with Crippen LogP contribution in [0.5, 0.6) is 0 Å². The normalized spacial score (nSPS) is 15.7. The van der Waals surface area contributed by atoms with E-state index in [2.05, 4.69) is 28.0 Å². The van der Waals surface area contributed by atoms with Crippen LogP contribution in [0.15, 0.2) is 60.2 Å². The van der Waals surface area contributed by atoms with Crippen LogP contribution in [0, 0.1) is 3.57 Å². The van der Waals surface area contributed by atoms with Gasteiger partial charge in [-0.05, 0) is 70.1 Å². The Kier molecular flexibility index (Phi) is 5.17. The fraction of sp³-hybridized carbons (Fsp3) is 0. The molecular formula is C19H13IN2O4.